The highest BCUT2D eigenvalue weighted by Gasteiger charge is 2.31. The first-order valence-corrected chi connectivity index (χ1v) is 6.45. The van der Waals surface area contributed by atoms with Crippen LogP contribution >= 0.6 is 11.8 Å². The van der Waals surface area contributed by atoms with Crippen LogP contribution < -0.4 is 5.56 Å². The van der Waals surface area contributed by atoms with Crippen molar-refractivity contribution in [1.82, 2.24) is 10.2 Å². The fourth-order valence-corrected chi connectivity index (χ4v) is 2.02. The molecule has 0 amide bonds. The van der Waals surface area contributed by atoms with Crippen LogP contribution in [0.3, 0.4) is 0 Å². The number of nitrogens with zero attached hydrogens (tertiary/aromatic N) is 1. The molecule has 2 aromatic rings. The first kappa shape index (κ1) is 13.7. The normalized spacial score (nSPS) is 11.6. The topological polar surface area (TPSA) is 45.8 Å². The van der Waals surface area contributed by atoms with E-state index >= 15 is 0 Å². The maximum absolute atomic E-state index is 12.8. The maximum atomic E-state index is 12.8. The Morgan fingerprint density at radius 3 is 2.47 bits per heavy atom. The Morgan fingerprint density at radius 1 is 1.21 bits per heavy atom. The zero-order valence-electron chi connectivity index (χ0n) is 9.78. The molecule has 0 saturated carbocycles. The molecular weight excluding hydrogens is 277 g/mol. The number of alkyl halides is 3. The second-order valence-electron chi connectivity index (χ2n) is 3.75. The third-order valence-electron chi connectivity index (χ3n) is 2.44. The van der Waals surface area contributed by atoms with E-state index in [0.717, 1.165) is 12.1 Å². The Labute approximate surface area is 110 Å². The second-order valence-corrected chi connectivity index (χ2v) is 4.63. The van der Waals surface area contributed by atoms with Gasteiger partial charge < -0.3 is 0 Å². The van der Waals surface area contributed by atoms with Crippen molar-refractivity contribution in [2.24, 2.45) is 0 Å². The predicted molar refractivity (Wildman–Crippen MR) is 67.1 cm³/mol. The van der Waals surface area contributed by atoms with E-state index in [1.54, 1.807) is 12.3 Å². The first-order valence-electron chi connectivity index (χ1n) is 5.22. The van der Waals surface area contributed by atoms with Crippen molar-refractivity contribution in [2.45, 2.75) is 11.1 Å². The zero-order chi connectivity index (χ0) is 14.0. The zero-order valence-corrected chi connectivity index (χ0v) is 10.6. The molecule has 2 rings (SSSR count). The Hall–Kier alpha value is -1.76. The fourth-order valence-electron chi connectivity index (χ4n) is 1.53. The summed E-state index contributed by atoms with van der Waals surface area (Å²) in [5, 5.41) is 5.93. The molecule has 1 aromatic heterocycles. The van der Waals surface area contributed by atoms with E-state index in [-0.39, 0.29) is 0 Å². The Balaban J connectivity index is 2.57. The summed E-state index contributed by atoms with van der Waals surface area (Å²) in [6, 6.07) is 6.31. The molecule has 3 nitrogen and oxygen atoms in total. The lowest BCUT2D eigenvalue weighted by Crippen LogP contribution is -2.07. The van der Waals surface area contributed by atoms with Crippen LogP contribution in [0.25, 0.3) is 11.3 Å². The molecule has 0 aliphatic heterocycles. The predicted octanol–water partition coefficient (Wildman–Crippen LogP) is 3.18. The quantitative estimate of drug-likeness (QED) is 0.862. The van der Waals surface area contributed by atoms with Gasteiger partial charge in [0.2, 0.25) is 0 Å². The monoisotopic (exact) mass is 286 g/mol. The highest BCUT2D eigenvalue weighted by Crippen LogP contribution is 2.34. The van der Waals surface area contributed by atoms with E-state index in [9.17, 15) is 18.0 Å². The third-order valence-corrected chi connectivity index (χ3v) is 3.15. The standard InChI is InChI=1S/C12H9F3N2OS/c1-19-9-5-7(4-8(6-9)12(13,14)15)10-2-3-11(18)17-16-10/h2-6H,1H3,(H,17,18). The average Bonchev–Trinajstić information content (AvgIpc) is 2.38. The summed E-state index contributed by atoms with van der Waals surface area (Å²) >= 11 is 1.21. The average molecular weight is 286 g/mol. The van der Waals surface area contributed by atoms with Crippen molar-refractivity contribution in [3.05, 3.63) is 46.2 Å². The number of aromatic nitrogens is 2. The van der Waals surface area contributed by atoms with Gasteiger partial charge in [0.05, 0.1) is 11.3 Å². The molecule has 0 bridgehead atoms. The molecule has 0 radical (unpaired) electrons. The van der Waals surface area contributed by atoms with Gasteiger partial charge in [-0.25, -0.2) is 5.10 Å². The molecule has 0 aliphatic rings. The van der Waals surface area contributed by atoms with Crippen LogP contribution in [0.4, 0.5) is 13.2 Å². The van der Waals surface area contributed by atoms with Gasteiger partial charge in [0.15, 0.2) is 0 Å². The largest absolute Gasteiger partial charge is 0.416 e. The van der Waals surface area contributed by atoms with Crippen LogP contribution in [0.15, 0.2) is 40.0 Å². The van der Waals surface area contributed by atoms with Gasteiger partial charge in [-0.15, -0.1) is 11.8 Å². The van der Waals surface area contributed by atoms with Gasteiger partial charge in [0.1, 0.15) is 0 Å². The van der Waals surface area contributed by atoms with Gasteiger partial charge in [-0.2, -0.15) is 18.3 Å². The molecule has 0 fully saturated rings. The molecule has 0 unspecified atom stereocenters. The summed E-state index contributed by atoms with van der Waals surface area (Å²) in [6.07, 6.45) is -2.72. The smallest absolute Gasteiger partial charge is 0.268 e. The van der Waals surface area contributed by atoms with Crippen molar-refractivity contribution in [1.29, 1.82) is 0 Å². The lowest BCUT2D eigenvalue weighted by atomic mass is 10.1. The Bertz CT molecular complexity index is 632. The van der Waals surface area contributed by atoms with E-state index < -0.39 is 17.3 Å². The number of thioether (sulfide) groups is 1. The van der Waals surface area contributed by atoms with Gasteiger partial charge in [0, 0.05) is 16.5 Å². The Kier molecular flexibility index (Phi) is 3.66. The van der Waals surface area contributed by atoms with E-state index in [4.69, 9.17) is 0 Å². The molecule has 100 valence electrons. The number of benzene rings is 1. The molecule has 0 aliphatic carbocycles. The maximum Gasteiger partial charge on any atom is 0.416 e. The number of halogens is 3. The summed E-state index contributed by atoms with van der Waals surface area (Å²) in [6.45, 7) is 0. The summed E-state index contributed by atoms with van der Waals surface area (Å²) in [5.74, 6) is 0. The Morgan fingerprint density at radius 2 is 1.95 bits per heavy atom. The van der Waals surface area contributed by atoms with Crippen LogP contribution in [0.2, 0.25) is 0 Å². The van der Waals surface area contributed by atoms with E-state index in [1.165, 1.54) is 23.9 Å². The molecule has 0 atom stereocenters. The van der Waals surface area contributed by atoms with E-state index in [2.05, 4.69) is 10.2 Å². The molecule has 1 aromatic carbocycles. The number of hydrogen-bond acceptors (Lipinski definition) is 3. The minimum Gasteiger partial charge on any atom is -0.268 e. The van der Waals surface area contributed by atoms with Crippen molar-refractivity contribution in [3.8, 4) is 11.3 Å². The van der Waals surface area contributed by atoms with Crippen LogP contribution in [-0.2, 0) is 6.18 Å². The number of rotatable bonds is 2. The van der Waals surface area contributed by atoms with Crippen LogP contribution in [0, 0.1) is 0 Å². The molecule has 19 heavy (non-hydrogen) atoms. The summed E-state index contributed by atoms with van der Waals surface area (Å²) in [4.78, 5) is 11.4. The highest BCUT2D eigenvalue weighted by atomic mass is 32.2. The van der Waals surface area contributed by atoms with Crippen LogP contribution in [0.1, 0.15) is 5.56 Å². The SMILES string of the molecule is CSc1cc(-c2ccc(=O)[nH]n2)cc(C(F)(F)F)c1. The van der Waals surface area contributed by atoms with Gasteiger partial charge in [-0.05, 0) is 30.5 Å². The molecule has 1 heterocycles. The van der Waals surface area contributed by atoms with Crippen molar-refractivity contribution < 1.29 is 13.2 Å². The van der Waals surface area contributed by atoms with Gasteiger partial charge >= 0.3 is 6.18 Å². The van der Waals surface area contributed by atoms with Crippen molar-refractivity contribution >= 4 is 11.8 Å². The van der Waals surface area contributed by atoms with Gasteiger partial charge in [0.25, 0.3) is 5.56 Å². The van der Waals surface area contributed by atoms with Crippen molar-refractivity contribution in [3.63, 3.8) is 0 Å². The molecule has 7 heteroatoms. The summed E-state index contributed by atoms with van der Waals surface area (Å²) in [5.41, 5.74) is -0.528. The van der Waals surface area contributed by atoms with E-state index in [1.807, 2.05) is 0 Å². The lowest BCUT2D eigenvalue weighted by molar-refractivity contribution is -0.137. The lowest BCUT2D eigenvalue weighted by Gasteiger charge is -2.10. The van der Waals surface area contributed by atoms with Gasteiger partial charge in [-0.1, -0.05) is 0 Å². The molecular formula is C12H9F3N2OS. The minimum atomic E-state index is -4.41. The van der Waals surface area contributed by atoms with E-state index in [0.29, 0.717) is 16.2 Å². The molecule has 0 spiro atoms. The van der Waals surface area contributed by atoms with Crippen molar-refractivity contribution in [2.75, 3.05) is 6.26 Å². The van der Waals surface area contributed by atoms with Gasteiger partial charge in [-0.3, -0.25) is 4.79 Å². The van der Waals surface area contributed by atoms with Crippen LogP contribution in [0.5, 0.6) is 0 Å². The number of nitrogens with one attached hydrogen (secondary N) is 1. The van der Waals surface area contributed by atoms with Crippen LogP contribution in [-0.4, -0.2) is 16.5 Å². The summed E-state index contributed by atoms with van der Waals surface area (Å²) in [7, 11) is 0. The second kappa shape index (κ2) is 5.08. The molecule has 1 N–H and O–H groups in total. The number of hydrogen-bond donors (Lipinski definition) is 1. The highest BCUT2D eigenvalue weighted by molar-refractivity contribution is 7.98. The number of H-pyrrole nitrogens is 1. The fraction of sp³-hybridized carbons (Fsp3) is 0.167. The molecule has 0 saturated heterocycles. The number of aromatic amines is 1. The third kappa shape index (κ3) is 3.17. The minimum absolute atomic E-state index is 0.293. The summed E-state index contributed by atoms with van der Waals surface area (Å²) < 4.78 is 38.3. The first-order chi connectivity index (χ1) is 8.90.